The van der Waals surface area contributed by atoms with E-state index in [9.17, 15) is 4.79 Å². The number of pyridine rings is 1. The number of carbonyl (C=O) groups excluding carboxylic acids is 1. The van der Waals surface area contributed by atoms with Crippen molar-refractivity contribution in [2.75, 3.05) is 25.5 Å². The molecule has 4 nitrogen and oxygen atoms in total. The summed E-state index contributed by atoms with van der Waals surface area (Å²) in [5.41, 5.74) is 0.895. The number of piperidine rings is 1. The lowest BCUT2D eigenvalue weighted by Crippen LogP contribution is -2.41. The number of nitrogens with one attached hydrogen (secondary N) is 1. The quantitative estimate of drug-likeness (QED) is 0.906. The van der Waals surface area contributed by atoms with Crippen LogP contribution in [0.25, 0.3) is 0 Å². The zero-order valence-corrected chi connectivity index (χ0v) is 12.4. The third-order valence-electron chi connectivity index (χ3n) is 3.73. The van der Waals surface area contributed by atoms with Gasteiger partial charge >= 0.3 is 0 Å². The third-order valence-corrected chi connectivity index (χ3v) is 4.02. The lowest BCUT2D eigenvalue weighted by molar-refractivity contribution is 0.0630. The van der Waals surface area contributed by atoms with Crippen molar-refractivity contribution in [3.63, 3.8) is 0 Å². The smallest absolute Gasteiger partial charge is 0.255 e. The van der Waals surface area contributed by atoms with E-state index in [0.717, 1.165) is 25.9 Å². The summed E-state index contributed by atoms with van der Waals surface area (Å²) in [5, 5.41) is 3.36. The summed E-state index contributed by atoms with van der Waals surface area (Å²) in [7, 11) is 1.75. The van der Waals surface area contributed by atoms with E-state index in [1.807, 2.05) is 4.90 Å². The highest BCUT2D eigenvalue weighted by molar-refractivity contribution is 6.33. The van der Waals surface area contributed by atoms with E-state index in [1.165, 1.54) is 0 Å². The molecule has 1 amide bonds. The van der Waals surface area contributed by atoms with Crippen molar-refractivity contribution in [1.82, 2.24) is 9.88 Å². The molecule has 0 bridgehead atoms. The zero-order valence-electron chi connectivity index (χ0n) is 11.7. The number of aromatic nitrogens is 1. The van der Waals surface area contributed by atoms with Gasteiger partial charge in [-0.15, -0.1) is 0 Å². The van der Waals surface area contributed by atoms with Crippen LogP contribution in [0.15, 0.2) is 12.3 Å². The Hall–Kier alpha value is -1.29. The third kappa shape index (κ3) is 3.18. The number of carbonyl (C=O) groups is 1. The largest absolute Gasteiger partial charge is 0.372 e. The minimum absolute atomic E-state index is 0.0209. The van der Waals surface area contributed by atoms with Gasteiger partial charge in [0, 0.05) is 26.3 Å². The van der Waals surface area contributed by atoms with E-state index in [0.29, 0.717) is 21.8 Å². The predicted octanol–water partition coefficient (Wildman–Crippen LogP) is 3.04. The van der Waals surface area contributed by atoms with Crippen molar-refractivity contribution < 1.29 is 4.79 Å². The highest BCUT2D eigenvalue weighted by Gasteiger charge is 2.28. The minimum atomic E-state index is 0.0209. The molecule has 1 aromatic rings. The SMILES string of the molecule is CNc1ncc(C(=O)N2CCC(C)(C)CC2)cc1Cl. The van der Waals surface area contributed by atoms with Crippen LogP contribution in [-0.2, 0) is 0 Å². The maximum absolute atomic E-state index is 12.4. The van der Waals surface area contributed by atoms with Crippen molar-refractivity contribution in [2.45, 2.75) is 26.7 Å². The predicted molar refractivity (Wildman–Crippen MR) is 77.7 cm³/mol. The number of likely N-dealkylation sites (tertiary alicyclic amines) is 1. The van der Waals surface area contributed by atoms with Gasteiger partial charge in [-0.3, -0.25) is 4.79 Å². The molecular weight excluding hydrogens is 262 g/mol. The van der Waals surface area contributed by atoms with Crippen LogP contribution < -0.4 is 5.32 Å². The van der Waals surface area contributed by atoms with Gasteiger partial charge in [0.05, 0.1) is 10.6 Å². The number of nitrogens with zero attached hydrogens (tertiary/aromatic N) is 2. The number of hydrogen-bond donors (Lipinski definition) is 1. The van der Waals surface area contributed by atoms with Crippen molar-refractivity contribution in [3.05, 3.63) is 22.8 Å². The fraction of sp³-hybridized carbons (Fsp3) is 0.571. The van der Waals surface area contributed by atoms with Gasteiger partial charge in [-0.2, -0.15) is 0 Å². The molecule has 1 aromatic heterocycles. The molecule has 0 aliphatic carbocycles. The topological polar surface area (TPSA) is 45.2 Å². The molecular formula is C14H20ClN3O. The maximum Gasteiger partial charge on any atom is 0.255 e. The highest BCUT2D eigenvalue weighted by Crippen LogP contribution is 2.30. The number of amides is 1. The first-order valence-corrected chi connectivity index (χ1v) is 6.93. The Kier molecular flexibility index (Phi) is 3.99. The lowest BCUT2D eigenvalue weighted by Gasteiger charge is -2.36. The number of rotatable bonds is 2. The van der Waals surface area contributed by atoms with Crippen molar-refractivity contribution in [1.29, 1.82) is 0 Å². The second-order valence-electron chi connectivity index (χ2n) is 5.76. The van der Waals surface area contributed by atoms with Crippen LogP contribution in [0.5, 0.6) is 0 Å². The van der Waals surface area contributed by atoms with Crippen LogP contribution in [-0.4, -0.2) is 35.9 Å². The fourth-order valence-electron chi connectivity index (χ4n) is 2.24. The van der Waals surface area contributed by atoms with E-state index in [2.05, 4.69) is 24.1 Å². The summed E-state index contributed by atoms with van der Waals surface area (Å²) in [6.07, 6.45) is 3.66. The Morgan fingerprint density at radius 1 is 1.42 bits per heavy atom. The highest BCUT2D eigenvalue weighted by atomic mass is 35.5. The van der Waals surface area contributed by atoms with Gasteiger partial charge in [0.1, 0.15) is 5.82 Å². The molecule has 1 aliphatic heterocycles. The molecule has 0 aromatic carbocycles. The van der Waals surface area contributed by atoms with Gasteiger partial charge in [0.25, 0.3) is 5.91 Å². The fourth-order valence-corrected chi connectivity index (χ4v) is 2.50. The van der Waals surface area contributed by atoms with E-state index in [1.54, 1.807) is 19.3 Å². The van der Waals surface area contributed by atoms with Crippen molar-refractivity contribution >= 4 is 23.3 Å². The molecule has 1 fully saturated rings. The van der Waals surface area contributed by atoms with Crippen LogP contribution in [0.4, 0.5) is 5.82 Å². The summed E-state index contributed by atoms with van der Waals surface area (Å²) in [6.45, 7) is 6.10. The molecule has 0 atom stereocenters. The average Bonchev–Trinajstić information content (AvgIpc) is 2.38. The van der Waals surface area contributed by atoms with Crippen molar-refractivity contribution in [2.24, 2.45) is 5.41 Å². The van der Waals surface area contributed by atoms with Gasteiger partial charge in [0.2, 0.25) is 0 Å². The molecule has 2 heterocycles. The molecule has 104 valence electrons. The van der Waals surface area contributed by atoms with Gasteiger partial charge in [0.15, 0.2) is 0 Å². The Morgan fingerprint density at radius 3 is 2.58 bits per heavy atom. The minimum Gasteiger partial charge on any atom is -0.372 e. The van der Waals surface area contributed by atoms with E-state index in [-0.39, 0.29) is 5.91 Å². The molecule has 1 aliphatic rings. The Labute approximate surface area is 119 Å². The molecule has 0 radical (unpaired) electrons. The molecule has 0 unspecified atom stereocenters. The molecule has 2 rings (SSSR count). The first-order chi connectivity index (χ1) is 8.93. The standard InChI is InChI=1S/C14H20ClN3O/c1-14(2)4-6-18(7-5-14)13(19)10-8-11(15)12(16-3)17-9-10/h8-9H,4-7H2,1-3H3,(H,16,17). The summed E-state index contributed by atoms with van der Waals surface area (Å²) in [6, 6.07) is 1.68. The maximum atomic E-state index is 12.4. The Bertz CT molecular complexity index is 478. The molecule has 0 saturated carbocycles. The van der Waals surface area contributed by atoms with Crippen LogP contribution in [0.1, 0.15) is 37.0 Å². The normalized spacial score (nSPS) is 18.2. The lowest BCUT2D eigenvalue weighted by atomic mass is 9.82. The summed E-state index contributed by atoms with van der Waals surface area (Å²) < 4.78 is 0. The second-order valence-corrected chi connectivity index (χ2v) is 6.17. The van der Waals surface area contributed by atoms with Gasteiger partial charge in [-0.1, -0.05) is 25.4 Å². The average molecular weight is 282 g/mol. The van der Waals surface area contributed by atoms with Crippen molar-refractivity contribution in [3.8, 4) is 0 Å². The first kappa shape index (κ1) is 14.1. The monoisotopic (exact) mass is 281 g/mol. The number of hydrogen-bond acceptors (Lipinski definition) is 3. The summed E-state index contributed by atoms with van der Waals surface area (Å²) in [4.78, 5) is 18.4. The van der Waals surface area contributed by atoms with Gasteiger partial charge in [-0.05, 0) is 24.3 Å². The van der Waals surface area contributed by atoms with Gasteiger partial charge in [-0.25, -0.2) is 4.98 Å². The number of halogens is 1. The first-order valence-electron chi connectivity index (χ1n) is 6.55. The molecule has 0 spiro atoms. The molecule has 19 heavy (non-hydrogen) atoms. The van der Waals surface area contributed by atoms with Crippen LogP contribution in [0.3, 0.4) is 0 Å². The van der Waals surface area contributed by atoms with Crippen LogP contribution in [0.2, 0.25) is 5.02 Å². The molecule has 5 heteroatoms. The summed E-state index contributed by atoms with van der Waals surface area (Å²) in [5.74, 6) is 0.616. The Balaban J connectivity index is 2.10. The second kappa shape index (κ2) is 5.37. The molecule has 1 saturated heterocycles. The summed E-state index contributed by atoms with van der Waals surface area (Å²) >= 11 is 6.06. The van der Waals surface area contributed by atoms with Crippen LogP contribution in [0, 0.1) is 5.41 Å². The number of anilines is 1. The Morgan fingerprint density at radius 2 is 2.05 bits per heavy atom. The van der Waals surface area contributed by atoms with E-state index >= 15 is 0 Å². The van der Waals surface area contributed by atoms with E-state index < -0.39 is 0 Å². The molecule has 1 N–H and O–H groups in total. The zero-order chi connectivity index (χ0) is 14.0. The van der Waals surface area contributed by atoms with Crippen LogP contribution >= 0.6 is 11.6 Å². The van der Waals surface area contributed by atoms with Gasteiger partial charge < -0.3 is 10.2 Å². The van der Waals surface area contributed by atoms with E-state index in [4.69, 9.17) is 11.6 Å².